The molecule has 1 fully saturated rings. The predicted octanol–water partition coefficient (Wildman–Crippen LogP) is 3.49. The van der Waals surface area contributed by atoms with Gasteiger partial charge in [0.1, 0.15) is 11.9 Å². The Morgan fingerprint density at radius 1 is 1.12 bits per heavy atom. The van der Waals surface area contributed by atoms with Gasteiger partial charge in [-0.2, -0.15) is 0 Å². The zero-order valence-corrected chi connectivity index (χ0v) is 19.1. The van der Waals surface area contributed by atoms with Crippen molar-refractivity contribution in [3.05, 3.63) is 78.2 Å². The molecule has 7 heteroatoms. The highest BCUT2D eigenvalue weighted by Gasteiger charge is 2.37. The third-order valence-electron chi connectivity index (χ3n) is 6.00. The largest absolute Gasteiger partial charge is 0.373 e. The quantitative estimate of drug-likeness (QED) is 0.605. The van der Waals surface area contributed by atoms with Crippen LogP contribution in [0.4, 0.5) is 5.82 Å². The zero-order valence-electron chi connectivity index (χ0n) is 19.1. The first-order valence-corrected chi connectivity index (χ1v) is 11.3. The number of hydrogen-bond acceptors (Lipinski definition) is 5. The minimum absolute atomic E-state index is 0.000311. The van der Waals surface area contributed by atoms with Crippen molar-refractivity contribution in [1.29, 1.82) is 0 Å². The number of carbonyl (C=O) groups is 2. The van der Waals surface area contributed by atoms with E-state index >= 15 is 0 Å². The van der Waals surface area contributed by atoms with Gasteiger partial charge in [-0.1, -0.05) is 37.3 Å². The Balaban J connectivity index is 1.69. The Labute approximate surface area is 194 Å². The van der Waals surface area contributed by atoms with Crippen LogP contribution in [0.3, 0.4) is 0 Å². The summed E-state index contributed by atoms with van der Waals surface area (Å²) in [6.45, 7) is 3.80. The van der Waals surface area contributed by atoms with Crippen molar-refractivity contribution >= 4 is 17.6 Å². The number of hydrogen-bond donors (Lipinski definition) is 1. The summed E-state index contributed by atoms with van der Waals surface area (Å²) in [5.41, 5.74) is 3.56. The summed E-state index contributed by atoms with van der Waals surface area (Å²) in [6, 6.07) is 14.8. The molecule has 1 N–H and O–H groups in total. The molecule has 33 heavy (non-hydrogen) atoms. The number of pyridine rings is 2. The highest BCUT2D eigenvalue weighted by atomic mass is 16.2. The van der Waals surface area contributed by atoms with Crippen molar-refractivity contribution in [1.82, 2.24) is 19.8 Å². The zero-order chi connectivity index (χ0) is 23.2. The minimum Gasteiger partial charge on any atom is -0.373 e. The van der Waals surface area contributed by atoms with Crippen molar-refractivity contribution in [3.8, 4) is 11.1 Å². The lowest BCUT2D eigenvalue weighted by Gasteiger charge is -2.41. The summed E-state index contributed by atoms with van der Waals surface area (Å²) in [4.78, 5) is 39.1. The van der Waals surface area contributed by atoms with Gasteiger partial charge in [-0.3, -0.25) is 14.6 Å². The van der Waals surface area contributed by atoms with Crippen molar-refractivity contribution in [2.75, 3.05) is 32.0 Å². The Hall–Kier alpha value is -3.74. The molecular formula is C26H29N5O2. The van der Waals surface area contributed by atoms with Crippen LogP contribution in [0.5, 0.6) is 0 Å². The summed E-state index contributed by atoms with van der Waals surface area (Å²) in [5, 5.41) is 2.97. The first-order valence-electron chi connectivity index (χ1n) is 11.3. The van der Waals surface area contributed by atoms with Crippen LogP contribution in [0.1, 0.15) is 29.3 Å². The number of rotatable bonds is 7. The van der Waals surface area contributed by atoms with Crippen molar-refractivity contribution in [2.45, 2.75) is 25.8 Å². The average Bonchev–Trinajstić information content (AvgIpc) is 2.87. The Kier molecular flexibility index (Phi) is 6.98. The predicted molar refractivity (Wildman–Crippen MR) is 129 cm³/mol. The molecule has 0 aliphatic carbocycles. The van der Waals surface area contributed by atoms with E-state index < -0.39 is 6.04 Å². The van der Waals surface area contributed by atoms with E-state index in [9.17, 15) is 9.59 Å². The van der Waals surface area contributed by atoms with E-state index in [2.05, 4.69) is 22.2 Å². The van der Waals surface area contributed by atoms with Crippen LogP contribution < -0.4 is 5.32 Å². The normalized spacial score (nSPS) is 16.1. The minimum atomic E-state index is -0.568. The molecule has 0 unspecified atom stereocenters. The highest BCUT2D eigenvalue weighted by Crippen LogP contribution is 2.27. The maximum Gasteiger partial charge on any atom is 0.254 e. The lowest BCUT2D eigenvalue weighted by molar-refractivity contribution is -0.140. The van der Waals surface area contributed by atoms with Gasteiger partial charge in [-0.05, 0) is 35.7 Å². The standard InChI is InChI=1S/C26H29N5O2/c1-3-13-30-14-15-31(25(32)20-10-12-29-24(17-20)27-2)23(26(30)33)16-19-7-4-5-9-22(19)21-8-6-11-28-18-21/h4-12,17-18,23H,3,13-16H2,1-2H3,(H,27,29)/t23-/m0/s1. The molecule has 1 aliphatic rings. The smallest absolute Gasteiger partial charge is 0.254 e. The van der Waals surface area contributed by atoms with Crippen molar-refractivity contribution in [2.24, 2.45) is 0 Å². The van der Waals surface area contributed by atoms with E-state index in [0.29, 0.717) is 37.4 Å². The van der Waals surface area contributed by atoms with Gasteiger partial charge in [0.15, 0.2) is 0 Å². The lowest BCUT2D eigenvalue weighted by atomic mass is 9.93. The number of nitrogens with zero attached hydrogens (tertiary/aromatic N) is 4. The molecular weight excluding hydrogens is 414 g/mol. The van der Waals surface area contributed by atoms with E-state index in [1.54, 1.807) is 36.5 Å². The second kappa shape index (κ2) is 10.3. The van der Waals surface area contributed by atoms with Crippen molar-refractivity contribution in [3.63, 3.8) is 0 Å². The van der Waals surface area contributed by atoms with E-state index in [4.69, 9.17) is 0 Å². The van der Waals surface area contributed by atoms with Gasteiger partial charge in [-0.25, -0.2) is 4.98 Å². The molecule has 0 radical (unpaired) electrons. The maximum atomic E-state index is 13.5. The van der Waals surface area contributed by atoms with Gasteiger partial charge in [0.25, 0.3) is 5.91 Å². The highest BCUT2D eigenvalue weighted by molar-refractivity contribution is 5.98. The van der Waals surface area contributed by atoms with Crippen LogP contribution in [-0.2, 0) is 11.2 Å². The summed E-state index contributed by atoms with van der Waals surface area (Å²) in [5.74, 6) is 0.470. The summed E-state index contributed by atoms with van der Waals surface area (Å²) in [6.07, 6.45) is 6.51. The summed E-state index contributed by atoms with van der Waals surface area (Å²) in [7, 11) is 1.77. The van der Waals surface area contributed by atoms with Crippen LogP contribution >= 0.6 is 0 Å². The number of aromatic nitrogens is 2. The first kappa shape index (κ1) is 22.5. The second-order valence-electron chi connectivity index (χ2n) is 8.12. The number of benzene rings is 1. The molecule has 1 atom stereocenters. The van der Waals surface area contributed by atoms with Gasteiger partial charge in [0, 0.05) is 62.8 Å². The molecule has 2 amide bonds. The molecule has 0 spiro atoms. The number of piperazine rings is 1. The molecule has 0 saturated carbocycles. The molecule has 1 aliphatic heterocycles. The van der Waals surface area contributed by atoms with Crippen LogP contribution in [0.25, 0.3) is 11.1 Å². The fourth-order valence-corrected chi connectivity index (χ4v) is 4.35. The van der Waals surface area contributed by atoms with Gasteiger partial charge in [0.05, 0.1) is 0 Å². The van der Waals surface area contributed by atoms with E-state index in [-0.39, 0.29) is 11.8 Å². The van der Waals surface area contributed by atoms with Gasteiger partial charge in [-0.15, -0.1) is 0 Å². The molecule has 3 heterocycles. The van der Waals surface area contributed by atoms with Crippen LogP contribution in [0.15, 0.2) is 67.1 Å². The SMILES string of the molecule is CCCN1CCN(C(=O)c2ccnc(NC)c2)[C@@H](Cc2ccccc2-c2cccnc2)C1=O. The van der Waals surface area contributed by atoms with Crippen LogP contribution in [0, 0.1) is 0 Å². The molecule has 170 valence electrons. The van der Waals surface area contributed by atoms with Crippen molar-refractivity contribution < 1.29 is 9.59 Å². The topological polar surface area (TPSA) is 78.4 Å². The maximum absolute atomic E-state index is 13.5. The Morgan fingerprint density at radius 3 is 2.73 bits per heavy atom. The number of carbonyl (C=O) groups excluding carboxylic acids is 2. The van der Waals surface area contributed by atoms with E-state index in [0.717, 1.165) is 23.1 Å². The second-order valence-corrected chi connectivity index (χ2v) is 8.12. The van der Waals surface area contributed by atoms with Gasteiger partial charge < -0.3 is 15.1 Å². The van der Waals surface area contributed by atoms with Crippen LogP contribution in [-0.4, -0.2) is 64.3 Å². The monoisotopic (exact) mass is 443 g/mol. The summed E-state index contributed by atoms with van der Waals surface area (Å²) >= 11 is 0. The van der Waals surface area contributed by atoms with Gasteiger partial charge >= 0.3 is 0 Å². The Bertz CT molecular complexity index is 1120. The van der Waals surface area contributed by atoms with E-state index in [1.807, 2.05) is 47.5 Å². The number of anilines is 1. The molecule has 1 aromatic carbocycles. The average molecular weight is 444 g/mol. The van der Waals surface area contributed by atoms with Gasteiger partial charge in [0.2, 0.25) is 5.91 Å². The lowest BCUT2D eigenvalue weighted by Crippen LogP contribution is -2.59. The third kappa shape index (κ3) is 4.87. The first-order chi connectivity index (χ1) is 16.1. The molecule has 4 rings (SSSR count). The third-order valence-corrected chi connectivity index (χ3v) is 6.00. The number of nitrogens with one attached hydrogen (secondary N) is 1. The fraction of sp³-hybridized carbons (Fsp3) is 0.308. The fourth-order valence-electron chi connectivity index (χ4n) is 4.35. The molecule has 2 aromatic heterocycles. The van der Waals surface area contributed by atoms with E-state index in [1.165, 1.54) is 0 Å². The molecule has 1 saturated heterocycles. The number of amides is 2. The molecule has 0 bridgehead atoms. The van der Waals surface area contributed by atoms with Crippen LogP contribution in [0.2, 0.25) is 0 Å². The molecule has 3 aromatic rings. The molecule has 7 nitrogen and oxygen atoms in total. The summed E-state index contributed by atoms with van der Waals surface area (Å²) < 4.78 is 0. The Morgan fingerprint density at radius 2 is 1.97 bits per heavy atom.